The van der Waals surface area contributed by atoms with Gasteiger partial charge in [-0.25, -0.2) is 0 Å². The largest absolute Gasteiger partial charge is 0.409 e. The van der Waals surface area contributed by atoms with Crippen molar-refractivity contribution in [1.82, 2.24) is 9.80 Å². The lowest BCUT2D eigenvalue weighted by molar-refractivity contribution is -0.195. The van der Waals surface area contributed by atoms with Crippen molar-refractivity contribution in [3.63, 3.8) is 0 Å². The van der Waals surface area contributed by atoms with Crippen LogP contribution in [0.5, 0.6) is 0 Å². The van der Waals surface area contributed by atoms with Gasteiger partial charge in [0.2, 0.25) is 0 Å². The van der Waals surface area contributed by atoms with Gasteiger partial charge >= 0.3 is 6.18 Å². The third kappa shape index (κ3) is 2.25. The molecular formula is C11H15F3N2O. The van der Waals surface area contributed by atoms with Crippen LogP contribution in [-0.4, -0.2) is 48.1 Å². The third-order valence-electron chi connectivity index (χ3n) is 3.38. The highest BCUT2D eigenvalue weighted by Crippen LogP contribution is 2.43. The number of piperazine rings is 1. The molecule has 1 heterocycles. The predicted molar refractivity (Wildman–Crippen MR) is 56.1 cm³/mol. The van der Waals surface area contributed by atoms with Crippen LogP contribution in [0.2, 0.25) is 0 Å². The van der Waals surface area contributed by atoms with E-state index in [-0.39, 0.29) is 12.2 Å². The van der Waals surface area contributed by atoms with Crippen molar-refractivity contribution in [2.45, 2.75) is 25.1 Å². The predicted octanol–water partition coefficient (Wildman–Crippen LogP) is 1.61. The van der Waals surface area contributed by atoms with Crippen LogP contribution >= 0.6 is 0 Å². The van der Waals surface area contributed by atoms with Crippen LogP contribution in [0.25, 0.3) is 0 Å². The van der Waals surface area contributed by atoms with Crippen molar-refractivity contribution < 1.29 is 18.0 Å². The second-order valence-corrected chi connectivity index (χ2v) is 4.69. The second kappa shape index (κ2) is 3.92. The Morgan fingerprint density at radius 1 is 1.35 bits per heavy atom. The minimum atomic E-state index is -4.34. The molecule has 1 aliphatic carbocycles. The Bertz CT molecular complexity index is 349. The molecule has 1 atom stereocenters. The number of rotatable bonds is 2. The van der Waals surface area contributed by atoms with Crippen molar-refractivity contribution in [1.29, 1.82) is 0 Å². The third-order valence-corrected chi connectivity index (χ3v) is 3.38. The minimum Gasteiger partial charge on any atom is -0.369 e. The van der Waals surface area contributed by atoms with E-state index in [1.165, 1.54) is 0 Å². The summed E-state index contributed by atoms with van der Waals surface area (Å²) in [7, 11) is 1.66. The summed E-state index contributed by atoms with van der Waals surface area (Å²) >= 11 is 0. The first kappa shape index (κ1) is 12.3. The Kier molecular flexibility index (Phi) is 2.83. The van der Waals surface area contributed by atoms with Gasteiger partial charge in [0.25, 0.3) is 5.91 Å². The topological polar surface area (TPSA) is 23.6 Å². The molecule has 2 aliphatic rings. The van der Waals surface area contributed by atoms with Crippen molar-refractivity contribution in [2.24, 2.45) is 5.92 Å². The summed E-state index contributed by atoms with van der Waals surface area (Å²) in [5.41, 5.74) is 0.145. The van der Waals surface area contributed by atoms with E-state index >= 15 is 0 Å². The highest BCUT2D eigenvalue weighted by atomic mass is 19.4. The van der Waals surface area contributed by atoms with Crippen molar-refractivity contribution in [3.05, 3.63) is 12.3 Å². The fourth-order valence-electron chi connectivity index (χ4n) is 2.20. The monoisotopic (exact) mass is 248 g/mol. The highest BCUT2D eigenvalue weighted by Gasteiger charge is 2.54. The Hall–Kier alpha value is -1.20. The molecule has 1 saturated carbocycles. The molecule has 96 valence electrons. The lowest BCUT2D eigenvalue weighted by Gasteiger charge is -2.40. The lowest BCUT2D eigenvalue weighted by Crippen LogP contribution is -2.56. The van der Waals surface area contributed by atoms with Gasteiger partial charge in [0.1, 0.15) is 6.04 Å². The smallest absolute Gasteiger partial charge is 0.369 e. The molecule has 0 N–H and O–H groups in total. The molecule has 0 aromatic rings. The number of likely N-dealkylation sites (N-methyl/N-ethyl adjacent to an activating group) is 1. The van der Waals surface area contributed by atoms with Crippen molar-refractivity contribution in [2.75, 3.05) is 20.1 Å². The summed E-state index contributed by atoms with van der Waals surface area (Å²) in [4.78, 5) is 14.4. The van der Waals surface area contributed by atoms with Crippen molar-refractivity contribution in [3.8, 4) is 0 Å². The van der Waals surface area contributed by atoms with Crippen LogP contribution in [-0.2, 0) is 4.79 Å². The van der Waals surface area contributed by atoms with E-state index in [9.17, 15) is 18.0 Å². The van der Waals surface area contributed by atoms with E-state index < -0.39 is 24.0 Å². The number of carbonyl (C=O) groups is 1. The molecule has 3 nitrogen and oxygen atoms in total. The van der Waals surface area contributed by atoms with Crippen LogP contribution in [0.15, 0.2) is 12.3 Å². The number of hydrogen-bond acceptors (Lipinski definition) is 2. The Labute approximate surface area is 97.9 Å². The molecule has 2 fully saturated rings. The average Bonchev–Trinajstić information content (AvgIpc) is 3.01. The summed E-state index contributed by atoms with van der Waals surface area (Å²) in [6.45, 7) is 4.06. The number of halogens is 3. The van der Waals surface area contributed by atoms with E-state index in [1.807, 2.05) is 0 Å². The lowest BCUT2D eigenvalue weighted by atomic mass is 10.1. The van der Waals surface area contributed by atoms with E-state index in [1.54, 1.807) is 11.9 Å². The van der Waals surface area contributed by atoms with Crippen LogP contribution in [0, 0.1) is 5.92 Å². The van der Waals surface area contributed by atoms with Crippen molar-refractivity contribution >= 4 is 5.91 Å². The molecule has 0 radical (unpaired) electrons. The fraction of sp³-hybridized carbons (Fsp3) is 0.727. The maximum atomic E-state index is 13.0. The van der Waals surface area contributed by atoms with Crippen LogP contribution in [0.1, 0.15) is 12.8 Å². The van der Waals surface area contributed by atoms with Gasteiger partial charge in [-0.15, -0.1) is 0 Å². The van der Waals surface area contributed by atoms with E-state index in [0.29, 0.717) is 19.4 Å². The second-order valence-electron chi connectivity index (χ2n) is 4.69. The minimum absolute atomic E-state index is 0.120. The molecule has 1 saturated heterocycles. The first-order valence-corrected chi connectivity index (χ1v) is 5.60. The normalized spacial score (nSPS) is 24.2. The van der Waals surface area contributed by atoms with E-state index in [0.717, 1.165) is 4.90 Å². The molecule has 6 heteroatoms. The number of hydrogen-bond donors (Lipinski definition) is 0. The number of amides is 1. The molecule has 0 spiro atoms. The van der Waals surface area contributed by atoms with Gasteiger partial charge in [0.05, 0.1) is 5.70 Å². The van der Waals surface area contributed by atoms with Gasteiger partial charge in [0.15, 0.2) is 0 Å². The molecule has 1 unspecified atom stereocenters. The molecule has 1 aliphatic heterocycles. The molecule has 0 bridgehead atoms. The zero-order valence-electron chi connectivity index (χ0n) is 9.63. The number of alkyl halides is 3. The maximum Gasteiger partial charge on any atom is 0.409 e. The Morgan fingerprint density at radius 3 is 2.41 bits per heavy atom. The summed E-state index contributed by atoms with van der Waals surface area (Å²) in [6, 6.07) is -1.62. The summed E-state index contributed by atoms with van der Waals surface area (Å²) in [6.07, 6.45) is -3.24. The van der Waals surface area contributed by atoms with E-state index in [2.05, 4.69) is 6.58 Å². The zero-order valence-corrected chi connectivity index (χ0v) is 9.63. The van der Waals surface area contributed by atoms with Gasteiger partial charge in [-0.3, -0.25) is 4.79 Å². The summed E-state index contributed by atoms with van der Waals surface area (Å²) < 4.78 is 38.9. The molecule has 0 aromatic heterocycles. The van der Waals surface area contributed by atoms with Gasteiger partial charge in [0, 0.05) is 20.1 Å². The number of carbonyl (C=O) groups excluding carboxylic acids is 1. The fourth-order valence-corrected chi connectivity index (χ4v) is 2.20. The molecule has 1 amide bonds. The molecule has 2 rings (SSSR count). The Balaban J connectivity index is 2.20. The van der Waals surface area contributed by atoms with E-state index in [4.69, 9.17) is 0 Å². The van der Waals surface area contributed by atoms with Crippen LogP contribution in [0.4, 0.5) is 13.2 Å². The maximum absolute atomic E-state index is 13.0. The van der Waals surface area contributed by atoms with Crippen LogP contribution in [0.3, 0.4) is 0 Å². The van der Waals surface area contributed by atoms with Gasteiger partial charge < -0.3 is 9.80 Å². The van der Waals surface area contributed by atoms with Gasteiger partial charge in [-0.2, -0.15) is 13.2 Å². The average molecular weight is 248 g/mol. The summed E-state index contributed by atoms with van der Waals surface area (Å²) in [5.74, 6) is -1.01. The Morgan fingerprint density at radius 2 is 1.94 bits per heavy atom. The quantitative estimate of drug-likeness (QED) is 0.693. The first-order valence-electron chi connectivity index (χ1n) is 5.60. The number of nitrogens with zero attached hydrogens (tertiary/aromatic N) is 2. The van der Waals surface area contributed by atoms with Gasteiger partial charge in [-0.05, 0) is 18.8 Å². The first-order chi connectivity index (χ1) is 7.82. The summed E-state index contributed by atoms with van der Waals surface area (Å²) in [5, 5.41) is 0. The molecular weight excluding hydrogens is 233 g/mol. The standard InChI is InChI=1S/C11H15F3N2O/c1-7-10(17)16(6-5-15(7)2)9(8-3-4-8)11(12,13)14/h8-9H,1,3-6H2,2H3. The zero-order chi connectivity index (χ0) is 12.8. The molecule has 0 aromatic carbocycles. The molecule has 17 heavy (non-hydrogen) atoms. The SMILES string of the molecule is C=C1C(=O)N(C(C2CC2)C(F)(F)F)CCN1C. The van der Waals surface area contributed by atoms with Gasteiger partial charge in [-0.1, -0.05) is 6.58 Å². The van der Waals surface area contributed by atoms with Crippen LogP contribution < -0.4 is 0 Å². The highest BCUT2D eigenvalue weighted by molar-refractivity contribution is 5.93.